The summed E-state index contributed by atoms with van der Waals surface area (Å²) in [6.07, 6.45) is 1.77. The highest BCUT2D eigenvalue weighted by atomic mass is 35.5. The van der Waals surface area contributed by atoms with E-state index in [9.17, 15) is 4.79 Å². The van der Waals surface area contributed by atoms with Crippen molar-refractivity contribution < 1.29 is 0 Å². The first-order chi connectivity index (χ1) is 8.13. The third-order valence-electron chi connectivity index (χ3n) is 2.16. The number of hydrogen-bond donors (Lipinski definition) is 1. The lowest BCUT2D eigenvalue weighted by atomic mass is 10.2. The molecule has 0 saturated carbocycles. The molecular weight excluding hydrogens is 260 g/mol. The zero-order valence-electron chi connectivity index (χ0n) is 8.92. The van der Waals surface area contributed by atoms with Gasteiger partial charge in [0.2, 0.25) is 5.16 Å². The van der Waals surface area contributed by atoms with E-state index in [0.29, 0.717) is 15.7 Å². The van der Waals surface area contributed by atoms with Crippen molar-refractivity contribution in [1.82, 2.24) is 14.9 Å². The molecule has 88 valence electrons. The van der Waals surface area contributed by atoms with Crippen molar-refractivity contribution in [2.24, 2.45) is 0 Å². The van der Waals surface area contributed by atoms with E-state index in [0.717, 1.165) is 4.68 Å². The second-order valence-corrected chi connectivity index (χ2v) is 4.43. The second kappa shape index (κ2) is 4.77. The zero-order valence-corrected chi connectivity index (χ0v) is 10.5. The van der Waals surface area contributed by atoms with Crippen molar-refractivity contribution in [2.75, 3.05) is 12.1 Å². The highest BCUT2D eigenvalue weighted by Crippen LogP contribution is 2.17. The normalized spacial score (nSPS) is 10.5. The lowest BCUT2D eigenvalue weighted by Crippen LogP contribution is -2.31. The maximum Gasteiger partial charge on any atom is 0.299 e. The number of halogens is 1. The first kappa shape index (κ1) is 11.9. The summed E-state index contributed by atoms with van der Waals surface area (Å²) >= 11 is 7.03. The van der Waals surface area contributed by atoms with E-state index in [1.165, 1.54) is 11.8 Å². The van der Waals surface area contributed by atoms with E-state index in [4.69, 9.17) is 17.4 Å². The van der Waals surface area contributed by atoms with Crippen LogP contribution in [0.3, 0.4) is 0 Å². The zero-order chi connectivity index (χ0) is 12.4. The summed E-state index contributed by atoms with van der Waals surface area (Å²) in [5, 5.41) is 8.72. The van der Waals surface area contributed by atoms with Crippen molar-refractivity contribution in [3.05, 3.63) is 39.6 Å². The standard InChI is InChI=1S/C10H9ClN4OS/c1-17-10-14-13-8(9(16)15(10)12)6-2-4-7(11)5-3-6/h2-5H,12H2,1H3. The Hall–Kier alpha value is -1.53. The van der Waals surface area contributed by atoms with E-state index in [1.54, 1.807) is 30.5 Å². The molecule has 0 amide bonds. The molecule has 1 aromatic carbocycles. The number of nitrogens with zero attached hydrogens (tertiary/aromatic N) is 3. The minimum absolute atomic E-state index is 0.210. The van der Waals surface area contributed by atoms with Crippen LogP contribution < -0.4 is 11.4 Å². The molecule has 2 aromatic rings. The highest BCUT2D eigenvalue weighted by molar-refractivity contribution is 7.98. The Morgan fingerprint density at radius 1 is 1.29 bits per heavy atom. The number of hydrogen-bond acceptors (Lipinski definition) is 5. The van der Waals surface area contributed by atoms with Crippen LogP contribution in [0.2, 0.25) is 5.02 Å². The Bertz CT molecular complexity index is 596. The molecule has 5 nitrogen and oxygen atoms in total. The maximum absolute atomic E-state index is 11.9. The first-order valence-electron chi connectivity index (χ1n) is 4.68. The highest BCUT2D eigenvalue weighted by Gasteiger charge is 2.11. The molecule has 0 saturated heterocycles. The fourth-order valence-corrected chi connectivity index (χ4v) is 1.84. The minimum Gasteiger partial charge on any atom is -0.334 e. The third kappa shape index (κ3) is 2.27. The van der Waals surface area contributed by atoms with E-state index in [-0.39, 0.29) is 11.3 Å². The van der Waals surface area contributed by atoms with Gasteiger partial charge in [-0.2, -0.15) is 4.68 Å². The Labute approximate surface area is 107 Å². The molecule has 2 rings (SSSR count). The van der Waals surface area contributed by atoms with Crippen LogP contribution in [-0.2, 0) is 0 Å². The van der Waals surface area contributed by atoms with Gasteiger partial charge in [-0.25, -0.2) is 0 Å². The van der Waals surface area contributed by atoms with Crippen molar-refractivity contribution in [3.8, 4) is 11.3 Å². The molecular formula is C10H9ClN4OS. The van der Waals surface area contributed by atoms with Gasteiger partial charge in [0.15, 0.2) is 5.69 Å². The van der Waals surface area contributed by atoms with Gasteiger partial charge in [0.1, 0.15) is 0 Å². The summed E-state index contributed by atoms with van der Waals surface area (Å²) < 4.78 is 0.988. The van der Waals surface area contributed by atoms with E-state index < -0.39 is 0 Å². The van der Waals surface area contributed by atoms with Gasteiger partial charge in [0.05, 0.1) is 0 Å². The molecule has 0 radical (unpaired) electrons. The van der Waals surface area contributed by atoms with Crippen LogP contribution in [-0.4, -0.2) is 21.1 Å². The molecule has 0 atom stereocenters. The smallest absolute Gasteiger partial charge is 0.299 e. The largest absolute Gasteiger partial charge is 0.334 e. The summed E-state index contributed by atoms with van der Waals surface area (Å²) in [6, 6.07) is 6.77. The molecule has 0 aliphatic carbocycles. The quantitative estimate of drug-likeness (QED) is 0.658. The Morgan fingerprint density at radius 3 is 2.53 bits per heavy atom. The van der Waals surface area contributed by atoms with Gasteiger partial charge in [-0.15, -0.1) is 10.2 Å². The molecule has 0 aliphatic rings. The summed E-state index contributed by atoms with van der Waals surface area (Å²) in [5.41, 5.74) is 0.465. The predicted octanol–water partition coefficient (Wildman–Crippen LogP) is 1.39. The second-order valence-electron chi connectivity index (χ2n) is 3.22. The number of benzene rings is 1. The predicted molar refractivity (Wildman–Crippen MR) is 68.7 cm³/mol. The van der Waals surface area contributed by atoms with Crippen molar-refractivity contribution >= 4 is 23.4 Å². The summed E-state index contributed by atoms with van der Waals surface area (Å²) in [7, 11) is 0. The van der Waals surface area contributed by atoms with Gasteiger partial charge < -0.3 is 5.84 Å². The number of aromatic nitrogens is 3. The van der Waals surface area contributed by atoms with E-state index in [1.807, 2.05) is 0 Å². The summed E-state index contributed by atoms with van der Waals surface area (Å²) in [4.78, 5) is 11.9. The van der Waals surface area contributed by atoms with E-state index in [2.05, 4.69) is 10.2 Å². The fraction of sp³-hybridized carbons (Fsp3) is 0.100. The average molecular weight is 269 g/mol. The number of nitrogen functional groups attached to an aromatic ring is 1. The van der Waals surface area contributed by atoms with Crippen LogP contribution in [0.15, 0.2) is 34.2 Å². The maximum atomic E-state index is 11.9. The van der Waals surface area contributed by atoms with Gasteiger partial charge in [-0.1, -0.05) is 35.5 Å². The molecule has 0 bridgehead atoms. The molecule has 1 aromatic heterocycles. The number of nitrogens with two attached hydrogens (primary N) is 1. The van der Waals surface area contributed by atoms with Gasteiger partial charge in [-0.3, -0.25) is 4.79 Å². The molecule has 7 heteroatoms. The van der Waals surface area contributed by atoms with Crippen molar-refractivity contribution in [2.45, 2.75) is 5.16 Å². The first-order valence-corrected chi connectivity index (χ1v) is 6.28. The monoisotopic (exact) mass is 268 g/mol. The van der Waals surface area contributed by atoms with Crippen LogP contribution in [0.4, 0.5) is 0 Å². The SMILES string of the molecule is CSc1nnc(-c2ccc(Cl)cc2)c(=O)n1N. The van der Waals surface area contributed by atoms with Crippen LogP contribution in [0, 0.1) is 0 Å². The van der Waals surface area contributed by atoms with Crippen LogP contribution in [0.1, 0.15) is 0 Å². The van der Waals surface area contributed by atoms with Crippen molar-refractivity contribution in [1.29, 1.82) is 0 Å². The molecule has 0 fully saturated rings. The number of thioether (sulfide) groups is 1. The van der Waals surface area contributed by atoms with Crippen molar-refractivity contribution in [3.63, 3.8) is 0 Å². The topological polar surface area (TPSA) is 73.8 Å². The van der Waals surface area contributed by atoms with Gasteiger partial charge in [0, 0.05) is 10.6 Å². The van der Waals surface area contributed by atoms with Crippen LogP contribution in [0.5, 0.6) is 0 Å². The molecule has 2 N–H and O–H groups in total. The molecule has 0 aliphatic heterocycles. The Balaban J connectivity index is 2.57. The Morgan fingerprint density at radius 2 is 1.94 bits per heavy atom. The third-order valence-corrected chi connectivity index (χ3v) is 3.06. The lowest BCUT2D eigenvalue weighted by molar-refractivity contribution is 0.705. The van der Waals surface area contributed by atoms with Gasteiger partial charge >= 0.3 is 0 Å². The van der Waals surface area contributed by atoms with Gasteiger partial charge in [0.25, 0.3) is 5.56 Å². The molecule has 0 spiro atoms. The number of rotatable bonds is 2. The average Bonchev–Trinajstić information content (AvgIpc) is 2.34. The molecule has 1 heterocycles. The molecule has 0 unspecified atom stereocenters. The minimum atomic E-state index is -0.383. The van der Waals surface area contributed by atoms with E-state index >= 15 is 0 Å². The summed E-state index contributed by atoms with van der Waals surface area (Å²) in [5.74, 6) is 5.62. The van der Waals surface area contributed by atoms with Gasteiger partial charge in [-0.05, 0) is 18.4 Å². The lowest BCUT2D eigenvalue weighted by Gasteiger charge is -2.05. The van der Waals surface area contributed by atoms with Crippen LogP contribution >= 0.6 is 23.4 Å². The Kier molecular flexibility index (Phi) is 3.35. The fourth-order valence-electron chi connectivity index (χ4n) is 1.31. The molecule has 17 heavy (non-hydrogen) atoms. The summed E-state index contributed by atoms with van der Waals surface area (Å²) in [6.45, 7) is 0. The van der Waals surface area contributed by atoms with Crippen LogP contribution in [0.25, 0.3) is 11.3 Å².